The summed E-state index contributed by atoms with van der Waals surface area (Å²) in [4.78, 5) is 0. The summed E-state index contributed by atoms with van der Waals surface area (Å²) < 4.78 is 2.32. The fourth-order valence-electron chi connectivity index (χ4n) is 0.700. The Morgan fingerprint density at radius 1 is 1.45 bits per heavy atom. The second kappa shape index (κ2) is 5.35. The maximum absolute atomic E-state index is 5.49. The molecule has 2 N–H and O–H groups in total. The third kappa shape index (κ3) is 3.27. The van der Waals surface area contributed by atoms with Gasteiger partial charge in [0.25, 0.3) is 0 Å². The molecule has 0 aliphatic heterocycles. The Morgan fingerprint density at radius 2 is 2.09 bits per heavy atom. The first-order valence-corrected chi connectivity index (χ1v) is 4.75. The molecule has 0 aliphatic carbocycles. The highest BCUT2D eigenvalue weighted by atomic mass is 127. The van der Waals surface area contributed by atoms with Crippen molar-refractivity contribution in [2.45, 2.75) is 6.54 Å². The fraction of sp³-hybridized carbons (Fsp3) is 0.143. The molecule has 0 atom stereocenters. The van der Waals surface area contributed by atoms with Gasteiger partial charge in [-0.25, -0.2) is 0 Å². The lowest BCUT2D eigenvalue weighted by atomic mass is 10.2. The van der Waals surface area contributed by atoms with Crippen LogP contribution in [0.4, 0.5) is 0 Å². The molecule has 0 saturated heterocycles. The average Bonchev–Trinajstić information content (AvgIpc) is 1.94. The van der Waals surface area contributed by atoms with Crippen molar-refractivity contribution in [3.63, 3.8) is 0 Å². The third-order valence-corrected chi connectivity index (χ3v) is 2.77. The van der Waals surface area contributed by atoms with Gasteiger partial charge in [0.2, 0.25) is 0 Å². The molecule has 0 radical (unpaired) electrons. The van der Waals surface area contributed by atoms with Gasteiger partial charge in [-0.1, -0.05) is 15.9 Å². The molecule has 0 fully saturated rings. The van der Waals surface area contributed by atoms with Crippen LogP contribution in [0.3, 0.4) is 0 Å². The van der Waals surface area contributed by atoms with Crippen LogP contribution in [0.2, 0.25) is 0 Å². The Kier molecular flexibility index (Phi) is 5.68. The van der Waals surface area contributed by atoms with Crippen molar-refractivity contribution in [1.82, 2.24) is 0 Å². The Morgan fingerprint density at radius 3 is 2.55 bits per heavy atom. The van der Waals surface area contributed by atoms with Crippen molar-refractivity contribution in [2.24, 2.45) is 5.73 Å². The van der Waals surface area contributed by atoms with Gasteiger partial charge in [0.15, 0.2) is 0 Å². The topological polar surface area (TPSA) is 26.0 Å². The Hall–Kier alpha value is 0.680. The highest BCUT2D eigenvalue weighted by Crippen LogP contribution is 2.17. The van der Waals surface area contributed by atoms with Crippen LogP contribution in [-0.2, 0) is 6.54 Å². The summed E-state index contributed by atoms with van der Waals surface area (Å²) in [6.45, 7) is 0.609. The molecule has 0 unspecified atom stereocenters. The SMILES string of the molecule is Cl.NCc1cc(Br)ccc1I. The molecule has 4 heteroatoms. The van der Waals surface area contributed by atoms with Gasteiger partial charge in [-0.05, 0) is 46.4 Å². The highest BCUT2D eigenvalue weighted by molar-refractivity contribution is 14.1. The quantitative estimate of drug-likeness (QED) is 0.776. The second-order valence-electron chi connectivity index (χ2n) is 1.94. The van der Waals surface area contributed by atoms with Crippen LogP contribution >= 0.6 is 50.9 Å². The molecule has 1 aromatic rings. The number of nitrogens with two attached hydrogens (primary N) is 1. The lowest BCUT2D eigenvalue weighted by Crippen LogP contribution is -1.98. The number of hydrogen-bond acceptors (Lipinski definition) is 1. The van der Waals surface area contributed by atoms with E-state index < -0.39 is 0 Å². The van der Waals surface area contributed by atoms with E-state index in [1.807, 2.05) is 18.2 Å². The van der Waals surface area contributed by atoms with Crippen molar-refractivity contribution in [2.75, 3.05) is 0 Å². The predicted molar refractivity (Wildman–Crippen MR) is 62.0 cm³/mol. The average molecular weight is 348 g/mol. The minimum atomic E-state index is 0. The van der Waals surface area contributed by atoms with E-state index in [1.54, 1.807) is 0 Å². The number of halogens is 3. The van der Waals surface area contributed by atoms with Gasteiger partial charge in [0.05, 0.1) is 0 Å². The molecule has 11 heavy (non-hydrogen) atoms. The highest BCUT2D eigenvalue weighted by Gasteiger charge is 1.96. The van der Waals surface area contributed by atoms with Crippen molar-refractivity contribution in [3.05, 3.63) is 31.8 Å². The van der Waals surface area contributed by atoms with Gasteiger partial charge in [0.1, 0.15) is 0 Å². The van der Waals surface area contributed by atoms with E-state index in [1.165, 1.54) is 9.13 Å². The van der Waals surface area contributed by atoms with Crippen LogP contribution in [0.1, 0.15) is 5.56 Å². The van der Waals surface area contributed by atoms with E-state index in [4.69, 9.17) is 5.73 Å². The minimum absolute atomic E-state index is 0. The van der Waals surface area contributed by atoms with E-state index in [2.05, 4.69) is 38.5 Å². The lowest BCUT2D eigenvalue weighted by Gasteiger charge is -1.99. The summed E-state index contributed by atoms with van der Waals surface area (Å²) in [6.07, 6.45) is 0. The van der Waals surface area contributed by atoms with Crippen molar-refractivity contribution >= 4 is 50.9 Å². The first-order valence-electron chi connectivity index (χ1n) is 2.88. The first kappa shape index (κ1) is 11.7. The van der Waals surface area contributed by atoms with Gasteiger partial charge < -0.3 is 5.73 Å². The molecule has 0 bridgehead atoms. The van der Waals surface area contributed by atoms with Crippen LogP contribution in [0.5, 0.6) is 0 Å². The number of rotatable bonds is 1. The molecular weight excluding hydrogens is 340 g/mol. The molecule has 0 amide bonds. The van der Waals surface area contributed by atoms with Crippen molar-refractivity contribution < 1.29 is 0 Å². The Bertz CT molecular complexity index is 242. The van der Waals surface area contributed by atoms with E-state index in [9.17, 15) is 0 Å². The van der Waals surface area contributed by atoms with E-state index in [-0.39, 0.29) is 12.4 Å². The molecule has 1 nitrogen and oxygen atoms in total. The van der Waals surface area contributed by atoms with Gasteiger partial charge in [0, 0.05) is 14.6 Å². The normalized spacial score (nSPS) is 9.00. The summed E-state index contributed by atoms with van der Waals surface area (Å²) in [7, 11) is 0. The predicted octanol–water partition coefficient (Wildman–Crippen LogP) is 2.93. The molecule has 0 heterocycles. The smallest absolute Gasteiger partial charge is 0.0189 e. The zero-order chi connectivity index (χ0) is 7.56. The van der Waals surface area contributed by atoms with E-state index >= 15 is 0 Å². The van der Waals surface area contributed by atoms with Crippen LogP contribution in [0.25, 0.3) is 0 Å². The van der Waals surface area contributed by atoms with Crippen LogP contribution < -0.4 is 5.73 Å². The third-order valence-electron chi connectivity index (χ3n) is 1.23. The molecule has 62 valence electrons. The summed E-state index contributed by atoms with van der Waals surface area (Å²) in [5.41, 5.74) is 6.68. The zero-order valence-electron chi connectivity index (χ0n) is 5.68. The van der Waals surface area contributed by atoms with Crippen molar-refractivity contribution in [3.8, 4) is 0 Å². The number of hydrogen-bond donors (Lipinski definition) is 1. The molecule has 0 saturated carbocycles. The molecule has 0 aromatic heterocycles. The van der Waals surface area contributed by atoms with Gasteiger partial charge >= 0.3 is 0 Å². The second-order valence-corrected chi connectivity index (χ2v) is 4.02. The van der Waals surface area contributed by atoms with Crippen LogP contribution in [0.15, 0.2) is 22.7 Å². The minimum Gasteiger partial charge on any atom is -0.326 e. The fourth-order valence-corrected chi connectivity index (χ4v) is 1.66. The van der Waals surface area contributed by atoms with Crippen LogP contribution in [-0.4, -0.2) is 0 Å². The molecular formula is C7H8BrClIN. The largest absolute Gasteiger partial charge is 0.326 e. The van der Waals surface area contributed by atoms with E-state index in [0.29, 0.717) is 6.54 Å². The van der Waals surface area contributed by atoms with Crippen LogP contribution in [0, 0.1) is 3.57 Å². The van der Waals surface area contributed by atoms with Gasteiger partial charge in [-0.2, -0.15) is 0 Å². The maximum atomic E-state index is 5.49. The summed E-state index contributed by atoms with van der Waals surface area (Å²) >= 11 is 5.65. The zero-order valence-corrected chi connectivity index (χ0v) is 10.2. The Labute approximate surface area is 94.4 Å². The molecule has 1 rings (SSSR count). The standard InChI is InChI=1S/C7H7BrIN.ClH/c8-6-1-2-7(9)5(3-6)4-10;/h1-3H,4,10H2;1H. The molecule has 0 spiro atoms. The van der Waals surface area contributed by atoms with Gasteiger partial charge in [-0.3, -0.25) is 0 Å². The summed E-state index contributed by atoms with van der Waals surface area (Å²) in [5.74, 6) is 0. The molecule has 0 aliphatic rings. The summed E-state index contributed by atoms with van der Waals surface area (Å²) in [6, 6.07) is 6.11. The summed E-state index contributed by atoms with van der Waals surface area (Å²) in [5, 5.41) is 0. The monoisotopic (exact) mass is 347 g/mol. The van der Waals surface area contributed by atoms with E-state index in [0.717, 1.165) is 4.47 Å². The molecule has 1 aromatic carbocycles. The van der Waals surface area contributed by atoms with Gasteiger partial charge in [-0.15, -0.1) is 12.4 Å². The Balaban J connectivity index is 0.000001000. The van der Waals surface area contributed by atoms with Crippen molar-refractivity contribution in [1.29, 1.82) is 0 Å². The maximum Gasteiger partial charge on any atom is 0.0189 e. The first-order chi connectivity index (χ1) is 4.74. The lowest BCUT2D eigenvalue weighted by molar-refractivity contribution is 1.06. The number of benzene rings is 1.